The number of carbonyl (C=O) groups is 1. The molecule has 0 radical (unpaired) electrons. The van der Waals surface area contributed by atoms with Crippen LogP contribution >= 0.6 is 0 Å². The van der Waals surface area contributed by atoms with Crippen molar-refractivity contribution in [2.75, 3.05) is 19.1 Å². The van der Waals surface area contributed by atoms with Crippen LogP contribution in [0.4, 0.5) is 5.69 Å². The van der Waals surface area contributed by atoms with E-state index >= 15 is 0 Å². The second-order valence-corrected chi connectivity index (χ2v) is 5.76. The number of benzene rings is 2. The number of rotatable bonds is 4. The van der Waals surface area contributed by atoms with E-state index in [0.29, 0.717) is 5.92 Å². The van der Waals surface area contributed by atoms with E-state index in [1.54, 1.807) is 19.1 Å². The monoisotopic (exact) mass is 297 g/mol. The van der Waals surface area contributed by atoms with Crippen LogP contribution in [0.3, 0.4) is 0 Å². The van der Waals surface area contributed by atoms with E-state index in [1.807, 2.05) is 49.4 Å². The molecule has 1 amide bonds. The summed E-state index contributed by atoms with van der Waals surface area (Å²) in [6.07, 6.45) is 0. The summed E-state index contributed by atoms with van der Waals surface area (Å²) in [5.74, 6) is 1.13. The van der Waals surface area contributed by atoms with Gasteiger partial charge in [-0.15, -0.1) is 0 Å². The first-order valence-electron chi connectivity index (χ1n) is 7.47. The van der Waals surface area contributed by atoms with Crippen molar-refractivity contribution in [1.29, 1.82) is 0 Å². The maximum absolute atomic E-state index is 12.8. The molecule has 0 aliphatic rings. The minimum Gasteiger partial charge on any atom is -0.496 e. The van der Waals surface area contributed by atoms with Gasteiger partial charge < -0.3 is 9.64 Å². The number of hydrogen-bond acceptors (Lipinski definition) is 2. The smallest absolute Gasteiger partial charge is 0.258 e. The average molecular weight is 297 g/mol. The molecule has 0 atom stereocenters. The van der Waals surface area contributed by atoms with Crippen molar-refractivity contribution < 1.29 is 9.53 Å². The van der Waals surface area contributed by atoms with E-state index in [1.165, 1.54) is 0 Å². The Labute approximate surface area is 132 Å². The molecule has 0 fully saturated rings. The van der Waals surface area contributed by atoms with Crippen LogP contribution in [0.15, 0.2) is 42.5 Å². The van der Waals surface area contributed by atoms with Gasteiger partial charge in [-0.2, -0.15) is 0 Å². The summed E-state index contributed by atoms with van der Waals surface area (Å²) in [6.45, 7) is 6.14. The first kappa shape index (κ1) is 16.1. The van der Waals surface area contributed by atoms with E-state index in [4.69, 9.17) is 4.74 Å². The highest BCUT2D eigenvalue weighted by Crippen LogP contribution is 2.30. The number of aryl methyl sites for hydroxylation is 1. The molecule has 2 aromatic rings. The van der Waals surface area contributed by atoms with Gasteiger partial charge in [-0.05, 0) is 48.2 Å². The second-order valence-electron chi connectivity index (χ2n) is 5.76. The van der Waals surface area contributed by atoms with Crippen molar-refractivity contribution in [3.63, 3.8) is 0 Å². The topological polar surface area (TPSA) is 29.5 Å². The number of ether oxygens (including phenoxy) is 1. The van der Waals surface area contributed by atoms with Gasteiger partial charge in [-0.3, -0.25) is 4.79 Å². The molecule has 0 saturated carbocycles. The molecule has 116 valence electrons. The standard InChI is InChI=1S/C19H23NO2/c1-13(2)16-12-17(14(3)11-18(16)22-5)19(21)20(4)15-9-7-6-8-10-15/h6-13H,1-5H3. The predicted molar refractivity (Wildman–Crippen MR) is 91.0 cm³/mol. The number of nitrogens with zero attached hydrogens (tertiary/aromatic N) is 1. The van der Waals surface area contributed by atoms with E-state index in [-0.39, 0.29) is 5.91 Å². The largest absolute Gasteiger partial charge is 0.496 e. The molecule has 0 bridgehead atoms. The number of methoxy groups -OCH3 is 1. The van der Waals surface area contributed by atoms with Crippen LogP contribution in [0.2, 0.25) is 0 Å². The molecular weight excluding hydrogens is 274 g/mol. The first-order valence-corrected chi connectivity index (χ1v) is 7.47. The molecule has 0 aromatic heterocycles. The van der Waals surface area contributed by atoms with Gasteiger partial charge in [0.25, 0.3) is 5.91 Å². The van der Waals surface area contributed by atoms with Gasteiger partial charge in [0.1, 0.15) is 5.75 Å². The van der Waals surface area contributed by atoms with Crippen molar-refractivity contribution in [1.82, 2.24) is 0 Å². The Hall–Kier alpha value is -2.29. The lowest BCUT2D eigenvalue weighted by Crippen LogP contribution is -2.27. The lowest BCUT2D eigenvalue weighted by Gasteiger charge is -2.21. The summed E-state index contributed by atoms with van der Waals surface area (Å²) < 4.78 is 5.44. The van der Waals surface area contributed by atoms with Gasteiger partial charge in [0, 0.05) is 18.3 Å². The number of para-hydroxylation sites is 1. The highest BCUT2D eigenvalue weighted by molar-refractivity contribution is 6.07. The average Bonchev–Trinajstić information content (AvgIpc) is 2.53. The Morgan fingerprint density at radius 2 is 1.77 bits per heavy atom. The summed E-state index contributed by atoms with van der Waals surface area (Å²) in [4.78, 5) is 14.5. The minimum atomic E-state index is -0.00625. The van der Waals surface area contributed by atoms with Crippen molar-refractivity contribution in [3.05, 3.63) is 59.2 Å². The molecule has 0 heterocycles. The Morgan fingerprint density at radius 1 is 1.14 bits per heavy atom. The molecular formula is C19H23NO2. The third kappa shape index (κ3) is 3.14. The SMILES string of the molecule is COc1cc(C)c(C(=O)N(C)c2ccccc2)cc1C(C)C. The molecule has 2 rings (SSSR count). The zero-order valence-corrected chi connectivity index (χ0v) is 13.9. The molecule has 3 nitrogen and oxygen atoms in total. The number of anilines is 1. The Bertz CT molecular complexity index is 663. The van der Waals surface area contributed by atoms with E-state index in [2.05, 4.69) is 13.8 Å². The van der Waals surface area contributed by atoms with E-state index in [0.717, 1.165) is 28.1 Å². The van der Waals surface area contributed by atoms with Gasteiger partial charge in [0.15, 0.2) is 0 Å². The zero-order valence-electron chi connectivity index (χ0n) is 13.9. The van der Waals surface area contributed by atoms with Crippen LogP contribution < -0.4 is 9.64 Å². The molecule has 0 unspecified atom stereocenters. The quantitative estimate of drug-likeness (QED) is 0.837. The maximum Gasteiger partial charge on any atom is 0.258 e. The first-order chi connectivity index (χ1) is 10.5. The lowest BCUT2D eigenvalue weighted by atomic mass is 9.96. The second kappa shape index (κ2) is 6.65. The molecule has 2 aromatic carbocycles. The molecule has 3 heteroatoms. The predicted octanol–water partition coefficient (Wildman–Crippen LogP) is 4.40. The Morgan fingerprint density at radius 3 is 2.32 bits per heavy atom. The van der Waals surface area contributed by atoms with Gasteiger partial charge in [0.2, 0.25) is 0 Å². The zero-order chi connectivity index (χ0) is 16.3. The maximum atomic E-state index is 12.8. The number of carbonyl (C=O) groups excluding carboxylic acids is 1. The van der Waals surface area contributed by atoms with Crippen LogP contribution in [0.5, 0.6) is 5.75 Å². The van der Waals surface area contributed by atoms with Gasteiger partial charge in [0.05, 0.1) is 7.11 Å². The normalized spacial score (nSPS) is 10.6. The van der Waals surface area contributed by atoms with Crippen LogP contribution in [-0.4, -0.2) is 20.1 Å². The molecule has 0 aliphatic carbocycles. The lowest BCUT2D eigenvalue weighted by molar-refractivity contribution is 0.0992. The summed E-state index contributed by atoms with van der Waals surface area (Å²) in [5, 5.41) is 0. The van der Waals surface area contributed by atoms with Crippen molar-refractivity contribution in [3.8, 4) is 5.75 Å². The Kier molecular flexibility index (Phi) is 4.86. The fourth-order valence-corrected chi connectivity index (χ4v) is 2.51. The van der Waals surface area contributed by atoms with Crippen LogP contribution in [0, 0.1) is 6.92 Å². The van der Waals surface area contributed by atoms with Gasteiger partial charge in [-0.25, -0.2) is 0 Å². The van der Waals surface area contributed by atoms with Crippen LogP contribution in [0.25, 0.3) is 0 Å². The highest BCUT2D eigenvalue weighted by Gasteiger charge is 2.19. The number of amides is 1. The van der Waals surface area contributed by atoms with Crippen LogP contribution in [-0.2, 0) is 0 Å². The van der Waals surface area contributed by atoms with Crippen molar-refractivity contribution in [2.45, 2.75) is 26.7 Å². The molecule has 0 N–H and O–H groups in total. The minimum absolute atomic E-state index is 0.00625. The summed E-state index contributed by atoms with van der Waals surface area (Å²) in [5.41, 5.74) is 3.58. The van der Waals surface area contributed by atoms with Gasteiger partial charge in [-0.1, -0.05) is 32.0 Å². The third-order valence-corrected chi connectivity index (χ3v) is 3.88. The fourth-order valence-electron chi connectivity index (χ4n) is 2.51. The molecule has 0 saturated heterocycles. The van der Waals surface area contributed by atoms with Crippen molar-refractivity contribution >= 4 is 11.6 Å². The summed E-state index contributed by atoms with van der Waals surface area (Å²) in [7, 11) is 3.47. The molecule has 0 spiro atoms. The van der Waals surface area contributed by atoms with Gasteiger partial charge >= 0.3 is 0 Å². The molecule has 0 aliphatic heterocycles. The molecule has 22 heavy (non-hydrogen) atoms. The summed E-state index contributed by atoms with van der Waals surface area (Å²) in [6, 6.07) is 13.6. The van der Waals surface area contributed by atoms with E-state index < -0.39 is 0 Å². The Balaban J connectivity index is 2.43. The third-order valence-electron chi connectivity index (χ3n) is 3.88. The van der Waals surface area contributed by atoms with Crippen LogP contribution in [0.1, 0.15) is 41.3 Å². The fraction of sp³-hybridized carbons (Fsp3) is 0.316. The van der Waals surface area contributed by atoms with E-state index in [9.17, 15) is 4.79 Å². The number of hydrogen-bond donors (Lipinski definition) is 0. The van der Waals surface area contributed by atoms with Crippen molar-refractivity contribution in [2.24, 2.45) is 0 Å². The highest BCUT2D eigenvalue weighted by atomic mass is 16.5. The summed E-state index contributed by atoms with van der Waals surface area (Å²) >= 11 is 0.